The summed E-state index contributed by atoms with van der Waals surface area (Å²) >= 11 is 0. The highest BCUT2D eigenvalue weighted by atomic mass is 19.4. The fourth-order valence-electron chi connectivity index (χ4n) is 1.92. The third-order valence-electron chi connectivity index (χ3n) is 2.80. The van der Waals surface area contributed by atoms with Gasteiger partial charge >= 0.3 is 6.18 Å². The largest absolute Gasteiger partial charge is 0.467 e. The first-order valence-electron chi connectivity index (χ1n) is 5.97. The van der Waals surface area contributed by atoms with Gasteiger partial charge in [0.1, 0.15) is 5.76 Å². The molecule has 5 heteroatoms. The lowest BCUT2D eigenvalue weighted by Crippen LogP contribution is -2.12. The van der Waals surface area contributed by atoms with Gasteiger partial charge in [-0.3, -0.25) is 0 Å². The van der Waals surface area contributed by atoms with Crippen LogP contribution in [0.1, 0.15) is 18.2 Å². The Morgan fingerprint density at radius 1 is 1.11 bits per heavy atom. The maximum atomic E-state index is 13.0. The summed E-state index contributed by atoms with van der Waals surface area (Å²) in [4.78, 5) is 0. The molecule has 19 heavy (non-hydrogen) atoms. The van der Waals surface area contributed by atoms with Crippen LogP contribution in [0.25, 0.3) is 11.1 Å². The summed E-state index contributed by atoms with van der Waals surface area (Å²) in [5.41, 5.74) is -0.0142. The van der Waals surface area contributed by atoms with E-state index >= 15 is 0 Å². The molecule has 2 nitrogen and oxygen atoms in total. The maximum absolute atomic E-state index is 13.0. The highest BCUT2D eigenvalue weighted by molar-refractivity contribution is 5.69. The van der Waals surface area contributed by atoms with E-state index in [0.29, 0.717) is 17.9 Å². The summed E-state index contributed by atoms with van der Waals surface area (Å²) in [6.45, 7) is 3.05. The van der Waals surface area contributed by atoms with Crippen molar-refractivity contribution in [3.05, 3.63) is 47.9 Å². The normalized spacial score (nSPS) is 11.8. The van der Waals surface area contributed by atoms with E-state index in [-0.39, 0.29) is 5.56 Å². The van der Waals surface area contributed by atoms with Crippen LogP contribution in [0.3, 0.4) is 0 Å². The Hall–Kier alpha value is -1.75. The number of benzene rings is 1. The van der Waals surface area contributed by atoms with Gasteiger partial charge in [0.05, 0.1) is 18.4 Å². The number of halogens is 3. The molecule has 0 aliphatic carbocycles. The molecule has 0 aliphatic heterocycles. The Labute approximate surface area is 109 Å². The van der Waals surface area contributed by atoms with Gasteiger partial charge in [-0.05, 0) is 24.2 Å². The van der Waals surface area contributed by atoms with Crippen LogP contribution >= 0.6 is 0 Å². The number of hydrogen-bond donors (Lipinski definition) is 1. The number of alkyl halides is 3. The van der Waals surface area contributed by atoms with Crippen molar-refractivity contribution in [2.75, 3.05) is 6.54 Å². The molecule has 102 valence electrons. The van der Waals surface area contributed by atoms with Gasteiger partial charge in [0.2, 0.25) is 0 Å². The SMILES string of the molecule is CCNCc1occc1-c1ccccc1C(F)(F)F. The fourth-order valence-corrected chi connectivity index (χ4v) is 1.92. The van der Waals surface area contributed by atoms with Crippen LogP contribution in [0, 0.1) is 0 Å². The molecule has 0 spiro atoms. The van der Waals surface area contributed by atoms with E-state index in [9.17, 15) is 13.2 Å². The van der Waals surface area contributed by atoms with Crippen molar-refractivity contribution in [3.8, 4) is 11.1 Å². The second kappa shape index (κ2) is 5.48. The molecule has 1 aromatic carbocycles. The maximum Gasteiger partial charge on any atom is 0.417 e. The predicted molar refractivity (Wildman–Crippen MR) is 66.5 cm³/mol. The molecule has 0 amide bonds. The minimum atomic E-state index is -4.37. The summed E-state index contributed by atoms with van der Waals surface area (Å²) in [5, 5.41) is 3.04. The Bertz CT molecular complexity index is 546. The molecule has 0 bridgehead atoms. The van der Waals surface area contributed by atoms with Crippen molar-refractivity contribution in [2.24, 2.45) is 0 Å². The summed E-state index contributed by atoms with van der Waals surface area (Å²) in [6.07, 6.45) is -2.96. The fraction of sp³-hybridized carbons (Fsp3) is 0.286. The molecule has 0 fully saturated rings. The number of furan rings is 1. The van der Waals surface area contributed by atoms with Gasteiger partial charge in [0.15, 0.2) is 0 Å². The van der Waals surface area contributed by atoms with Gasteiger partial charge in [0, 0.05) is 5.56 Å². The van der Waals surface area contributed by atoms with Crippen LogP contribution in [0.4, 0.5) is 13.2 Å². The predicted octanol–water partition coefficient (Wildman–Crippen LogP) is 4.07. The second-order valence-corrected chi connectivity index (χ2v) is 4.08. The Kier molecular flexibility index (Phi) is 3.95. The molecule has 1 aromatic heterocycles. The monoisotopic (exact) mass is 269 g/mol. The Morgan fingerprint density at radius 3 is 2.53 bits per heavy atom. The third kappa shape index (κ3) is 2.98. The number of nitrogens with one attached hydrogen (secondary N) is 1. The van der Waals surface area contributed by atoms with Gasteiger partial charge in [-0.1, -0.05) is 25.1 Å². The minimum Gasteiger partial charge on any atom is -0.467 e. The Morgan fingerprint density at radius 2 is 1.84 bits per heavy atom. The van der Waals surface area contributed by atoms with Crippen molar-refractivity contribution >= 4 is 0 Å². The summed E-state index contributed by atoms with van der Waals surface area (Å²) in [6, 6.07) is 7.09. The van der Waals surface area contributed by atoms with Crippen molar-refractivity contribution < 1.29 is 17.6 Å². The summed E-state index contributed by atoms with van der Waals surface area (Å²) in [7, 11) is 0. The molecular weight excluding hydrogens is 255 g/mol. The second-order valence-electron chi connectivity index (χ2n) is 4.08. The minimum absolute atomic E-state index is 0.150. The smallest absolute Gasteiger partial charge is 0.417 e. The highest BCUT2D eigenvalue weighted by Gasteiger charge is 2.34. The van der Waals surface area contributed by atoms with E-state index in [1.165, 1.54) is 18.4 Å². The van der Waals surface area contributed by atoms with E-state index in [0.717, 1.165) is 12.6 Å². The van der Waals surface area contributed by atoms with Crippen LogP contribution in [0.2, 0.25) is 0 Å². The first kappa shape index (κ1) is 13.7. The molecule has 0 saturated carbocycles. The zero-order chi connectivity index (χ0) is 13.9. The number of rotatable bonds is 4. The molecule has 0 aliphatic rings. The van der Waals surface area contributed by atoms with Crippen LogP contribution in [0.15, 0.2) is 41.0 Å². The molecule has 0 radical (unpaired) electrons. The first-order chi connectivity index (χ1) is 9.04. The first-order valence-corrected chi connectivity index (χ1v) is 5.97. The lowest BCUT2D eigenvalue weighted by molar-refractivity contribution is -0.137. The lowest BCUT2D eigenvalue weighted by atomic mass is 9.99. The van der Waals surface area contributed by atoms with Crippen molar-refractivity contribution in [3.63, 3.8) is 0 Å². The van der Waals surface area contributed by atoms with Crippen molar-refractivity contribution in [2.45, 2.75) is 19.6 Å². The third-order valence-corrected chi connectivity index (χ3v) is 2.80. The van der Waals surface area contributed by atoms with E-state index in [2.05, 4.69) is 5.32 Å². The lowest BCUT2D eigenvalue weighted by Gasteiger charge is -2.12. The van der Waals surface area contributed by atoms with Gasteiger partial charge in [-0.2, -0.15) is 13.2 Å². The van der Waals surface area contributed by atoms with Crippen LogP contribution in [-0.4, -0.2) is 6.54 Å². The standard InChI is InChI=1S/C14H14F3NO/c1-2-18-9-13-11(7-8-19-13)10-5-3-4-6-12(10)14(15,16)17/h3-8,18H,2,9H2,1H3. The van der Waals surface area contributed by atoms with Gasteiger partial charge < -0.3 is 9.73 Å². The molecule has 1 heterocycles. The van der Waals surface area contributed by atoms with E-state index in [1.807, 2.05) is 6.92 Å². The highest BCUT2D eigenvalue weighted by Crippen LogP contribution is 2.38. The van der Waals surface area contributed by atoms with E-state index in [1.54, 1.807) is 12.1 Å². The summed E-state index contributed by atoms with van der Waals surface area (Å²) < 4.78 is 44.2. The molecular formula is C14H14F3NO. The van der Waals surface area contributed by atoms with Crippen molar-refractivity contribution in [1.29, 1.82) is 0 Å². The zero-order valence-corrected chi connectivity index (χ0v) is 10.4. The quantitative estimate of drug-likeness (QED) is 0.904. The zero-order valence-electron chi connectivity index (χ0n) is 10.4. The van der Waals surface area contributed by atoms with Crippen LogP contribution in [0.5, 0.6) is 0 Å². The van der Waals surface area contributed by atoms with Crippen molar-refractivity contribution in [1.82, 2.24) is 5.32 Å². The van der Waals surface area contributed by atoms with Gasteiger partial charge in [-0.25, -0.2) is 0 Å². The van der Waals surface area contributed by atoms with E-state index in [4.69, 9.17) is 4.42 Å². The molecule has 0 saturated heterocycles. The average molecular weight is 269 g/mol. The molecule has 0 atom stereocenters. The Balaban J connectivity index is 2.45. The molecule has 0 unspecified atom stereocenters. The number of hydrogen-bond acceptors (Lipinski definition) is 2. The molecule has 1 N–H and O–H groups in total. The van der Waals surface area contributed by atoms with Gasteiger partial charge in [-0.15, -0.1) is 0 Å². The molecule has 2 aromatic rings. The van der Waals surface area contributed by atoms with Crippen LogP contribution in [-0.2, 0) is 12.7 Å². The van der Waals surface area contributed by atoms with E-state index < -0.39 is 11.7 Å². The topological polar surface area (TPSA) is 25.2 Å². The molecule has 2 rings (SSSR count). The average Bonchev–Trinajstić information content (AvgIpc) is 2.83. The summed E-state index contributed by atoms with van der Waals surface area (Å²) in [5.74, 6) is 0.513. The van der Waals surface area contributed by atoms with Gasteiger partial charge in [0.25, 0.3) is 0 Å². The van der Waals surface area contributed by atoms with Crippen LogP contribution < -0.4 is 5.32 Å².